The number of hydrogen-bond donors (Lipinski definition) is 2. The molecule has 0 radical (unpaired) electrons. The summed E-state index contributed by atoms with van der Waals surface area (Å²) in [6.07, 6.45) is 2.76. The van der Waals surface area contributed by atoms with Crippen LogP contribution in [0.5, 0.6) is 0 Å². The molecular weight excluding hydrogens is 441 g/mol. The molecule has 3 rings (SSSR count). The largest absolute Gasteiger partial charge is 0.778 e. The van der Waals surface area contributed by atoms with Crippen molar-refractivity contribution in [2.45, 2.75) is 64.0 Å². The van der Waals surface area contributed by atoms with E-state index in [9.17, 15) is 14.3 Å². The Kier molecular flexibility index (Phi) is 7.39. The molecule has 12 nitrogen and oxygen atoms in total. The van der Waals surface area contributed by atoms with Crippen LogP contribution in [0.15, 0.2) is 11.1 Å². The highest BCUT2D eigenvalue weighted by molar-refractivity contribution is 7.52. The Labute approximate surface area is 185 Å². The number of nitrogens with zero attached hydrogens (tertiary/aromatic N) is 3. The summed E-state index contributed by atoms with van der Waals surface area (Å²) in [7, 11) is -4.27. The average molecular weight is 468 g/mol. The van der Waals surface area contributed by atoms with Crippen molar-refractivity contribution in [2.24, 2.45) is 0 Å². The zero-order valence-electron chi connectivity index (χ0n) is 18.3. The molecule has 0 saturated carbocycles. The minimum absolute atomic E-state index is 0.0366. The Morgan fingerprint density at radius 1 is 1.41 bits per heavy atom. The predicted octanol–water partition coefficient (Wildman–Crippen LogP) is 0.390. The smallest absolute Gasteiger partial charge is 0.280 e. The van der Waals surface area contributed by atoms with E-state index in [1.165, 1.54) is 24.7 Å². The highest BCUT2D eigenvalue weighted by Crippen LogP contribution is 2.48. The standard InChI is InChI=1S/C19H28N5O7P/c1-6-7-28-15-14(31-32(26,27)11(4)5)12(8-29-10(2)3)30-18(15)24-9-21-13-16(24)22-19(20)23-17(13)25/h1,9-12,14-15,18H,7-8H2,2-5H3,(H,26,27)(H3,20,22,23,25)/p-1/t12-,14+,15?,18-/m1/s1. The fourth-order valence-electron chi connectivity index (χ4n) is 3.22. The van der Waals surface area contributed by atoms with E-state index in [-0.39, 0.29) is 36.4 Å². The van der Waals surface area contributed by atoms with Crippen LogP contribution in [0.25, 0.3) is 11.2 Å². The first kappa shape index (κ1) is 24.4. The van der Waals surface area contributed by atoms with Crippen LogP contribution in [0.2, 0.25) is 0 Å². The molecule has 0 bridgehead atoms. The summed E-state index contributed by atoms with van der Waals surface area (Å²) in [5.41, 5.74) is 4.57. The van der Waals surface area contributed by atoms with Gasteiger partial charge in [0.15, 0.2) is 17.4 Å². The zero-order chi connectivity index (χ0) is 23.6. The molecule has 0 amide bonds. The summed E-state index contributed by atoms with van der Waals surface area (Å²) in [4.78, 5) is 35.4. The Morgan fingerprint density at radius 2 is 2.12 bits per heavy atom. The number of nitrogens with two attached hydrogens (primary N) is 1. The molecule has 2 aromatic rings. The highest BCUT2D eigenvalue weighted by atomic mass is 31.2. The number of imidazole rings is 1. The van der Waals surface area contributed by atoms with Crippen molar-refractivity contribution >= 4 is 24.7 Å². The van der Waals surface area contributed by atoms with Crippen molar-refractivity contribution in [1.29, 1.82) is 0 Å². The van der Waals surface area contributed by atoms with Gasteiger partial charge < -0.3 is 33.9 Å². The van der Waals surface area contributed by atoms with Gasteiger partial charge >= 0.3 is 0 Å². The molecule has 1 saturated heterocycles. The molecule has 0 aliphatic carbocycles. The summed E-state index contributed by atoms with van der Waals surface area (Å²) in [6, 6.07) is 0. The number of H-pyrrole nitrogens is 1. The molecule has 3 heterocycles. The summed E-state index contributed by atoms with van der Waals surface area (Å²) in [5, 5.41) is 0. The molecule has 1 fully saturated rings. The first-order valence-corrected chi connectivity index (χ1v) is 11.7. The van der Waals surface area contributed by atoms with Crippen molar-refractivity contribution in [3.05, 3.63) is 16.7 Å². The minimum atomic E-state index is -4.27. The summed E-state index contributed by atoms with van der Waals surface area (Å²) in [5.74, 6) is 2.25. The molecule has 5 atom stereocenters. The van der Waals surface area contributed by atoms with Crippen LogP contribution < -0.4 is 16.2 Å². The van der Waals surface area contributed by atoms with Gasteiger partial charge in [0.05, 0.1) is 19.0 Å². The lowest BCUT2D eigenvalue weighted by molar-refractivity contribution is -0.210. The second kappa shape index (κ2) is 9.70. The molecule has 3 N–H and O–H groups in total. The number of aromatic amines is 1. The van der Waals surface area contributed by atoms with Crippen LogP contribution in [0.3, 0.4) is 0 Å². The Hall–Kier alpha value is -2.26. The lowest BCUT2D eigenvalue weighted by Crippen LogP contribution is -2.40. The quantitative estimate of drug-likeness (QED) is 0.388. The van der Waals surface area contributed by atoms with Crippen LogP contribution >= 0.6 is 7.60 Å². The molecule has 2 unspecified atom stereocenters. The molecule has 2 aromatic heterocycles. The van der Waals surface area contributed by atoms with Crippen molar-refractivity contribution in [1.82, 2.24) is 19.5 Å². The van der Waals surface area contributed by atoms with E-state index in [0.29, 0.717) is 0 Å². The number of ether oxygens (including phenoxy) is 3. The monoisotopic (exact) mass is 468 g/mol. The maximum absolute atomic E-state index is 12.6. The van der Waals surface area contributed by atoms with Gasteiger partial charge in [-0.15, -0.1) is 6.42 Å². The average Bonchev–Trinajstić information content (AvgIpc) is 3.25. The summed E-state index contributed by atoms with van der Waals surface area (Å²) < 4.78 is 37.2. The van der Waals surface area contributed by atoms with E-state index < -0.39 is 43.4 Å². The predicted molar refractivity (Wildman–Crippen MR) is 114 cm³/mol. The number of anilines is 1. The van der Waals surface area contributed by atoms with Gasteiger partial charge in [0.1, 0.15) is 32.5 Å². The number of aromatic nitrogens is 4. The van der Waals surface area contributed by atoms with Crippen LogP contribution in [0.4, 0.5) is 5.95 Å². The number of nitrogen functional groups attached to an aromatic ring is 1. The van der Waals surface area contributed by atoms with E-state index in [0.717, 1.165) is 0 Å². The third-order valence-electron chi connectivity index (χ3n) is 4.86. The first-order chi connectivity index (χ1) is 15.0. The van der Waals surface area contributed by atoms with E-state index in [4.69, 9.17) is 30.9 Å². The second-order valence-corrected chi connectivity index (χ2v) is 10.2. The van der Waals surface area contributed by atoms with Crippen molar-refractivity contribution in [3.63, 3.8) is 0 Å². The first-order valence-electron chi connectivity index (χ1n) is 10.1. The lowest BCUT2D eigenvalue weighted by atomic mass is 10.1. The second-order valence-electron chi connectivity index (χ2n) is 7.91. The van der Waals surface area contributed by atoms with E-state index >= 15 is 0 Å². The topological polar surface area (TPSA) is 167 Å². The van der Waals surface area contributed by atoms with Gasteiger partial charge in [0, 0.05) is 5.66 Å². The van der Waals surface area contributed by atoms with Gasteiger partial charge in [-0.05, 0) is 13.8 Å². The van der Waals surface area contributed by atoms with Gasteiger partial charge in [-0.3, -0.25) is 14.3 Å². The fourth-order valence-corrected chi connectivity index (χ4v) is 4.06. The highest BCUT2D eigenvalue weighted by Gasteiger charge is 2.49. The Balaban J connectivity index is 2.05. The Morgan fingerprint density at radius 3 is 2.75 bits per heavy atom. The van der Waals surface area contributed by atoms with Crippen LogP contribution in [-0.4, -0.2) is 62.8 Å². The maximum Gasteiger partial charge on any atom is 0.280 e. The van der Waals surface area contributed by atoms with Crippen LogP contribution in [0, 0.1) is 12.3 Å². The summed E-state index contributed by atoms with van der Waals surface area (Å²) in [6.45, 7) is 6.61. The van der Waals surface area contributed by atoms with Gasteiger partial charge in [-0.2, -0.15) is 4.98 Å². The van der Waals surface area contributed by atoms with Crippen LogP contribution in [-0.2, 0) is 23.3 Å². The van der Waals surface area contributed by atoms with E-state index in [2.05, 4.69) is 20.9 Å². The molecule has 176 valence electrons. The molecular formula is C19H27N5O7P-. The normalized spacial score (nSPS) is 25.4. The number of rotatable bonds is 9. The molecule has 32 heavy (non-hydrogen) atoms. The lowest BCUT2D eigenvalue weighted by Gasteiger charge is -2.34. The molecule has 0 aromatic carbocycles. The number of fused-ring (bicyclic) bond motifs is 1. The van der Waals surface area contributed by atoms with Gasteiger partial charge in [0.25, 0.3) is 5.56 Å². The third-order valence-corrected chi connectivity index (χ3v) is 6.67. The van der Waals surface area contributed by atoms with Crippen molar-refractivity contribution in [3.8, 4) is 12.3 Å². The number of nitrogens with one attached hydrogen (secondary N) is 1. The minimum Gasteiger partial charge on any atom is -0.778 e. The van der Waals surface area contributed by atoms with Crippen molar-refractivity contribution < 1.29 is 28.2 Å². The maximum atomic E-state index is 12.6. The molecule has 1 aliphatic rings. The van der Waals surface area contributed by atoms with Gasteiger partial charge in [-0.1, -0.05) is 19.8 Å². The summed E-state index contributed by atoms with van der Waals surface area (Å²) >= 11 is 0. The van der Waals surface area contributed by atoms with Gasteiger partial charge in [0.2, 0.25) is 5.95 Å². The Bertz CT molecular complexity index is 1090. The third kappa shape index (κ3) is 5.04. The molecule has 0 spiro atoms. The molecule has 13 heteroatoms. The SMILES string of the molecule is C#CCOC1[C@@H](OP(=O)([O-])C(C)C)[C@@H](COC(C)C)O[C@H]1n1cnc2c(=O)[nH]c(N)nc21. The van der Waals surface area contributed by atoms with E-state index in [1.807, 2.05) is 13.8 Å². The van der Waals surface area contributed by atoms with Gasteiger partial charge in [-0.25, -0.2) is 4.98 Å². The van der Waals surface area contributed by atoms with E-state index in [1.54, 1.807) is 0 Å². The fraction of sp³-hybridized carbons (Fsp3) is 0.632. The van der Waals surface area contributed by atoms with Crippen molar-refractivity contribution in [2.75, 3.05) is 18.9 Å². The zero-order valence-corrected chi connectivity index (χ0v) is 19.2. The van der Waals surface area contributed by atoms with Crippen LogP contribution in [0.1, 0.15) is 33.9 Å². The number of terminal acetylenes is 1. The molecule has 1 aliphatic heterocycles. The number of hydrogen-bond acceptors (Lipinski definition) is 10.